The highest BCUT2D eigenvalue weighted by Crippen LogP contribution is 2.19. The van der Waals surface area contributed by atoms with Crippen molar-refractivity contribution in [3.05, 3.63) is 0 Å². The van der Waals surface area contributed by atoms with Crippen LogP contribution in [0.25, 0.3) is 0 Å². The Morgan fingerprint density at radius 3 is 2.29 bits per heavy atom. The molecular formula is C13H25N2O2+. The van der Waals surface area contributed by atoms with Gasteiger partial charge in [-0.2, -0.15) is 0 Å². The Labute approximate surface area is 104 Å². The van der Waals surface area contributed by atoms with Gasteiger partial charge in [0.25, 0.3) is 0 Å². The van der Waals surface area contributed by atoms with E-state index < -0.39 is 5.97 Å². The SMILES string of the molecule is O=C(O)C[N+]1(CCN2CCCCC2)CCCC1. The third-order valence-electron chi connectivity index (χ3n) is 4.32. The number of nitrogens with zero attached hydrogens (tertiary/aromatic N) is 2. The maximum absolute atomic E-state index is 11.0. The van der Waals surface area contributed by atoms with Gasteiger partial charge >= 0.3 is 5.97 Å². The minimum absolute atomic E-state index is 0.327. The van der Waals surface area contributed by atoms with Crippen molar-refractivity contribution in [3.63, 3.8) is 0 Å². The summed E-state index contributed by atoms with van der Waals surface area (Å²) in [5, 5.41) is 9.05. The molecule has 98 valence electrons. The monoisotopic (exact) mass is 241 g/mol. The molecule has 4 nitrogen and oxygen atoms in total. The summed E-state index contributed by atoms with van der Waals surface area (Å²) in [5.41, 5.74) is 0. The molecule has 2 saturated heterocycles. The van der Waals surface area contributed by atoms with Crippen LogP contribution in [0.15, 0.2) is 0 Å². The van der Waals surface area contributed by atoms with E-state index in [4.69, 9.17) is 5.11 Å². The zero-order chi connectivity index (χ0) is 12.1. The number of hydrogen-bond donors (Lipinski definition) is 1. The number of aliphatic carboxylic acids is 1. The summed E-state index contributed by atoms with van der Waals surface area (Å²) in [7, 11) is 0. The van der Waals surface area contributed by atoms with E-state index in [1.165, 1.54) is 45.2 Å². The Balaban J connectivity index is 1.82. The molecule has 4 heteroatoms. The highest BCUT2D eigenvalue weighted by Gasteiger charge is 2.34. The molecule has 0 aromatic heterocycles. The average molecular weight is 241 g/mol. The number of piperidine rings is 1. The summed E-state index contributed by atoms with van der Waals surface area (Å²) in [4.78, 5) is 13.5. The number of carboxylic acid groups (broad SMARTS) is 1. The molecule has 2 aliphatic rings. The molecule has 0 aromatic rings. The summed E-state index contributed by atoms with van der Waals surface area (Å²) in [5.74, 6) is -0.634. The van der Waals surface area contributed by atoms with E-state index in [9.17, 15) is 4.79 Å². The second-order valence-electron chi connectivity index (χ2n) is 5.67. The first kappa shape index (κ1) is 12.8. The lowest BCUT2D eigenvalue weighted by molar-refractivity contribution is -0.909. The van der Waals surface area contributed by atoms with Gasteiger partial charge in [-0.05, 0) is 25.9 Å². The minimum Gasteiger partial charge on any atom is -0.477 e. The van der Waals surface area contributed by atoms with Crippen molar-refractivity contribution < 1.29 is 14.4 Å². The lowest BCUT2D eigenvalue weighted by Gasteiger charge is -2.35. The maximum atomic E-state index is 11.0. The van der Waals surface area contributed by atoms with Crippen LogP contribution in [0.1, 0.15) is 32.1 Å². The van der Waals surface area contributed by atoms with Gasteiger partial charge in [0.1, 0.15) is 0 Å². The molecule has 2 rings (SSSR count). The summed E-state index contributed by atoms with van der Waals surface area (Å²) in [6.45, 7) is 7.02. The van der Waals surface area contributed by atoms with Gasteiger partial charge in [0, 0.05) is 19.4 Å². The number of quaternary nitrogens is 1. The zero-order valence-corrected chi connectivity index (χ0v) is 10.7. The molecule has 2 aliphatic heterocycles. The third-order valence-corrected chi connectivity index (χ3v) is 4.32. The molecule has 2 heterocycles. The molecule has 0 saturated carbocycles. The van der Waals surface area contributed by atoms with E-state index in [1.807, 2.05) is 0 Å². The van der Waals surface area contributed by atoms with Crippen LogP contribution in [0.5, 0.6) is 0 Å². The van der Waals surface area contributed by atoms with Crippen LogP contribution in [0.3, 0.4) is 0 Å². The maximum Gasteiger partial charge on any atom is 0.359 e. The van der Waals surface area contributed by atoms with Crippen LogP contribution < -0.4 is 0 Å². The predicted octanol–water partition coefficient (Wildman–Crippen LogP) is 1.17. The minimum atomic E-state index is -0.634. The van der Waals surface area contributed by atoms with Crippen molar-refractivity contribution >= 4 is 5.97 Å². The number of hydrogen-bond acceptors (Lipinski definition) is 2. The zero-order valence-electron chi connectivity index (χ0n) is 10.7. The van der Waals surface area contributed by atoms with Gasteiger partial charge in [0.05, 0.1) is 19.6 Å². The van der Waals surface area contributed by atoms with E-state index in [0.717, 1.165) is 30.7 Å². The van der Waals surface area contributed by atoms with E-state index >= 15 is 0 Å². The average Bonchev–Trinajstić information content (AvgIpc) is 2.76. The lowest BCUT2D eigenvalue weighted by Crippen LogP contribution is -2.52. The number of carbonyl (C=O) groups is 1. The highest BCUT2D eigenvalue weighted by molar-refractivity contribution is 5.67. The van der Waals surface area contributed by atoms with Crippen LogP contribution >= 0.6 is 0 Å². The van der Waals surface area contributed by atoms with E-state index in [0.29, 0.717) is 6.54 Å². The van der Waals surface area contributed by atoms with Crippen LogP contribution in [0.2, 0.25) is 0 Å². The third kappa shape index (κ3) is 3.68. The molecule has 0 radical (unpaired) electrons. The fourth-order valence-corrected chi connectivity index (χ4v) is 3.29. The van der Waals surface area contributed by atoms with Gasteiger partial charge in [-0.3, -0.25) is 4.90 Å². The normalized spacial score (nSPS) is 24.9. The first-order chi connectivity index (χ1) is 8.20. The van der Waals surface area contributed by atoms with Crippen molar-refractivity contribution in [1.82, 2.24) is 4.90 Å². The van der Waals surface area contributed by atoms with Gasteiger partial charge < -0.3 is 9.59 Å². The molecule has 1 N–H and O–H groups in total. The molecule has 0 spiro atoms. The Bertz CT molecular complexity index is 256. The fourth-order valence-electron chi connectivity index (χ4n) is 3.29. The standard InChI is InChI=1S/C13H24N2O2/c16-13(17)12-15(9-4-5-10-15)11-8-14-6-2-1-3-7-14/h1-12H2/p+1. The quantitative estimate of drug-likeness (QED) is 0.735. The molecule has 0 aromatic carbocycles. The number of carboxylic acids is 1. The fraction of sp³-hybridized carbons (Fsp3) is 0.923. The van der Waals surface area contributed by atoms with Gasteiger partial charge in [0.15, 0.2) is 6.54 Å². The summed E-state index contributed by atoms with van der Waals surface area (Å²) in [6.07, 6.45) is 6.41. The summed E-state index contributed by atoms with van der Waals surface area (Å²) >= 11 is 0. The van der Waals surface area contributed by atoms with Crippen LogP contribution in [-0.2, 0) is 4.79 Å². The largest absolute Gasteiger partial charge is 0.477 e. The molecule has 0 unspecified atom stereocenters. The van der Waals surface area contributed by atoms with Gasteiger partial charge in [-0.1, -0.05) is 6.42 Å². The smallest absolute Gasteiger partial charge is 0.359 e. The second-order valence-corrected chi connectivity index (χ2v) is 5.67. The van der Waals surface area contributed by atoms with E-state index in [1.54, 1.807) is 0 Å². The lowest BCUT2D eigenvalue weighted by atomic mass is 10.1. The first-order valence-corrected chi connectivity index (χ1v) is 6.99. The van der Waals surface area contributed by atoms with Crippen LogP contribution in [0, 0.1) is 0 Å². The topological polar surface area (TPSA) is 40.5 Å². The number of likely N-dealkylation sites (tertiary alicyclic amines) is 2. The predicted molar refractivity (Wildman–Crippen MR) is 66.9 cm³/mol. The Morgan fingerprint density at radius 2 is 1.71 bits per heavy atom. The van der Waals surface area contributed by atoms with Gasteiger partial charge in [-0.15, -0.1) is 0 Å². The first-order valence-electron chi connectivity index (χ1n) is 6.99. The van der Waals surface area contributed by atoms with E-state index in [2.05, 4.69) is 4.90 Å². The summed E-state index contributed by atoms with van der Waals surface area (Å²) in [6, 6.07) is 0. The van der Waals surface area contributed by atoms with Crippen molar-refractivity contribution in [2.24, 2.45) is 0 Å². The Kier molecular flexibility index (Phi) is 4.40. The van der Waals surface area contributed by atoms with Crippen molar-refractivity contribution in [3.8, 4) is 0 Å². The van der Waals surface area contributed by atoms with Gasteiger partial charge in [-0.25, -0.2) is 4.79 Å². The summed E-state index contributed by atoms with van der Waals surface area (Å²) < 4.78 is 0.825. The number of rotatable bonds is 5. The second kappa shape index (κ2) is 5.83. The molecule has 17 heavy (non-hydrogen) atoms. The van der Waals surface area contributed by atoms with Crippen molar-refractivity contribution in [2.45, 2.75) is 32.1 Å². The van der Waals surface area contributed by atoms with Crippen molar-refractivity contribution in [2.75, 3.05) is 45.8 Å². The van der Waals surface area contributed by atoms with Crippen LogP contribution in [-0.4, -0.2) is 66.3 Å². The molecule has 0 amide bonds. The molecule has 0 atom stereocenters. The van der Waals surface area contributed by atoms with Crippen LogP contribution in [0.4, 0.5) is 0 Å². The highest BCUT2D eigenvalue weighted by atomic mass is 16.4. The molecular weight excluding hydrogens is 216 g/mol. The molecule has 0 bridgehead atoms. The Hall–Kier alpha value is -0.610. The van der Waals surface area contributed by atoms with E-state index in [-0.39, 0.29) is 0 Å². The molecule has 2 fully saturated rings. The van der Waals surface area contributed by atoms with Crippen molar-refractivity contribution in [1.29, 1.82) is 0 Å². The molecule has 0 aliphatic carbocycles. The Morgan fingerprint density at radius 1 is 1.06 bits per heavy atom. The van der Waals surface area contributed by atoms with Gasteiger partial charge in [0.2, 0.25) is 0 Å².